The number of rotatable bonds is 3. The van der Waals surface area contributed by atoms with E-state index in [4.69, 9.17) is 5.26 Å². The molecule has 4 heteroatoms. The van der Waals surface area contributed by atoms with Crippen LogP contribution in [0.4, 0.5) is 0 Å². The Hall–Kier alpha value is -2.28. The van der Waals surface area contributed by atoms with Gasteiger partial charge in [-0.15, -0.1) is 0 Å². The molecule has 0 saturated heterocycles. The predicted octanol–water partition coefficient (Wildman–Crippen LogP) is 2.00. The van der Waals surface area contributed by atoms with E-state index >= 15 is 0 Å². The topological polar surface area (TPSA) is 59.9 Å². The van der Waals surface area contributed by atoms with Crippen LogP contribution in [0.3, 0.4) is 0 Å². The van der Waals surface area contributed by atoms with Crippen molar-refractivity contribution in [3.8, 4) is 6.07 Å². The third-order valence-electron chi connectivity index (χ3n) is 3.17. The van der Waals surface area contributed by atoms with Gasteiger partial charge in [0.05, 0.1) is 0 Å². The number of amides is 1. The second-order valence-corrected chi connectivity index (χ2v) is 4.36. The summed E-state index contributed by atoms with van der Waals surface area (Å²) in [6, 6.07) is 9.73. The van der Waals surface area contributed by atoms with Gasteiger partial charge in [0.2, 0.25) is 0 Å². The Labute approximate surface area is 106 Å². The van der Waals surface area contributed by atoms with Crippen LogP contribution in [0.5, 0.6) is 0 Å². The molecule has 0 aliphatic heterocycles. The van der Waals surface area contributed by atoms with Gasteiger partial charge in [-0.05, 0) is 25.0 Å². The molecule has 0 saturated carbocycles. The van der Waals surface area contributed by atoms with Crippen LogP contribution in [-0.4, -0.2) is 29.4 Å². The minimum Gasteiger partial charge on any atom is -0.358 e. The van der Waals surface area contributed by atoms with Crippen molar-refractivity contribution in [3.63, 3.8) is 0 Å². The molecule has 0 spiro atoms. The highest BCUT2D eigenvalue weighted by molar-refractivity contribution is 5.91. The maximum absolute atomic E-state index is 11.2. The standard InChI is InChI=1S/C14H15N3O/c1-10-11(7-8-17(2)14(18)9-15)12-5-3-4-6-13(12)16-10/h3-6,16H,7-8H2,1-2H3. The van der Waals surface area contributed by atoms with E-state index in [1.54, 1.807) is 13.1 Å². The zero-order chi connectivity index (χ0) is 13.1. The van der Waals surface area contributed by atoms with Crippen molar-refractivity contribution in [1.29, 1.82) is 5.26 Å². The lowest BCUT2D eigenvalue weighted by molar-refractivity contribution is -0.124. The van der Waals surface area contributed by atoms with E-state index in [0.29, 0.717) is 6.54 Å². The second kappa shape index (κ2) is 4.92. The number of benzene rings is 1. The number of likely N-dealkylation sites (N-methyl/N-ethyl adjacent to an activating group) is 1. The van der Waals surface area contributed by atoms with Crippen LogP contribution in [0, 0.1) is 18.3 Å². The molecule has 0 atom stereocenters. The lowest BCUT2D eigenvalue weighted by Gasteiger charge is -2.12. The summed E-state index contributed by atoms with van der Waals surface area (Å²) in [5, 5.41) is 9.73. The number of hydrogen-bond donors (Lipinski definition) is 1. The number of carbonyl (C=O) groups is 1. The molecule has 0 fully saturated rings. The van der Waals surface area contributed by atoms with Gasteiger partial charge in [0.25, 0.3) is 0 Å². The van der Waals surface area contributed by atoms with Crippen molar-refractivity contribution in [2.24, 2.45) is 0 Å². The Morgan fingerprint density at radius 2 is 2.17 bits per heavy atom. The van der Waals surface area contributed by atoms with Gasteiger partial charge in [-0.2, -0.15) is 5.26 Å². The summed E-state index contributed by atoms with van der Waals surface area (Å²) >= 11 is 0. The number of nitrogens with one attached hydrogen (secondary N) is 1. The molecule has 0 unspecified atom stereocenters. The zero-order valence-corrected chi connectivity index (χ0v) is 10.5. The Morgan fingerprint density at radius 3 is 2.89 bits per heavy atom. The first kappa shape index (κ1) is 12.2. The van der Waals surface area contributed by atoms with Gasteiger partial charge in [-0.25, -0.2) is 0 Å². The van der Waals surface area contributed by atoms with Gasteiger partial charge >= 0.3 is 5.91 Å². The number of H-pyrrole nitrogens is 1. The molecule has 0 aliphatic rings. The summed E-state index contributed by atoms with van der Waals surface area (Å²) in [7, 11) is 1.65. The van der Waals surface area contributed by atoms with Crippen LogP contribution in [-0.2, 0) is 11.2 Å². The Balaban J connectivity index is 2.20. The van der Waals surface area contributed by atoms with Crippen LogP contribution in [0.25, 0.3) is 10.9 Å². The average molecular weight is 241 g/mol. The molecule has 1 N–H and O–H groups in total. The Morgan fingerprint density at radius 1 is 1.44 bits per heavy atom. The fourth-order valence-electron chi connectivity index (χ4n) is 2.12. The highest BCUT2D eigenvalue weighted by Gasteiger charge is 2.11. The number of hydrogen-bond acceptors (Lipinski definition) is 2. The minimum absolute atomic E-state index is 0.493. The molecule has 2 aromatic rings. The molecular formula is C14H15N3O. The Kier molecular flexibility index (Phi) is 3.33. The van der Waals surface area contributed by atoms with Crippen LogP contribution in [0.15, 0.2) is 24.3 Å². The third kappa shape index (κ3) is 2.21. The number of aromatic amines is 1. The molecule has 1 aromatic carbocycles. The maximum Gasteiger partial charge on any atom is 0.324 e. The predicted molar refractivity (Wildman–Crippen MR) is 70.0 cm³/mol. The first-order valence-corrected chi connectivity index (χ1v) is 5.85. The van der Waals surface area contributed by atoms with Crippen molar-refractivity contribution in [1.82, 2.24) is 9.88 Å². The molecule has 1 amide bonds. The first-order chi connectivity index (χ1) is 8.63. The van der Waals surface area contributed by atoms with Crippen LogP contribution < -0.4 is 0 Å². The largest absolute Gasteiger partial charge is 0.358 e. The molecule has 4 nitrogen and oxygen atoms in total. The van der Waals surface area contributed by atoms with Crippen molar-refractivity contribution in [2.45, 2.75) is 13.3 Å². The van der Waals surface area contributed by atoms with E-state index in [1.807, 2.05) is 25.1 Å². The smallest absolute Gasteiger partial charge is 0.324 e. The average Bonchev–Trinajstić information content (AvgIpc) is 2.70. The van der Waals surface area contributed by atoms with E-state index in [-0.39, 0.29) is 0 Å². The number of nitrogens with zero attached hydrogens (tertiary/aromatic N) is 2. The summed E-state index contributed by atoms with van der Waals surface area (Å²) in [5.74, 6) is -0.493. The molecule has 0 aliphatic carbocycles. The fourth-order valence-corrected chi connectivity index (χ4v) is 2.12. The van der Waals surface area contributed by atoms with E-state index < -0.39 is 5.91 Å². The van der Waals surface area contributed by atoms with E-state index in [0.717, 1.165) is 17.6 Å². The lowest BCUT2D eigenvalue weighted by atomic mass is 10.1. The summed E-state index contributed by atoms with van der Waals surface area (Å²) in [6.45, 7) is 2.58. The number of aromatic nitrogens is 1. The number of aryl methyl sites for hydroxylation is 1. The molecule has 1 heterocycles. The summed E-state index contributed by atoms with van der Waals surface area (Å²) < 4.78 is 0. The van der Waals surface area contributed by atoms with Crippen molar-refractivity contribution in [3.05, 3.63) is 35.5 Å². The van der Waals surface area contributed by atoms with Crippen LogP contribution >= 0.6 is 0 Å². The van der Waals surface area contributed by atoms with Crippen LogP contribution in [0.2, 0.25) is 0 Å². The van der Waals surface area contributed by atoms with Gasteiger partial charge in [0.1, 0.15) is 0 Å². The van der Waals surface area contributed by atoms with E-state index in [9.17, 15) is 4.79 Å². The molecule has 2 rings (SSSR count). The molecule has 0 bridgehead atoms. The monoisotopic (exact) mass is 241 g/mol. The first-order valence-electron chi connectivity index (χ1n) is 5.85. The van der Waals surface area contributed by atoms with Gasteiger partial charge in [0.15, 0.2) is 6.07 Å². The van der Waals surface area contributed by atoms with Crippen molar-refractivity contribution >= 4 is 16.8 Å². The van der Waals surface area contributed by atoms with E-state index in [1.165, 1.54) is 15.8 Å². The molecule has 1 aromatic heterocycles. The Bertz CT molecular complexity index is 621. The zero-order valence-electron chi connectivity index (χ0n) is 10.5. The number of fused-ring (bicyclic) bond motifs is 1. The quantitative estimate of drug-likeness (QED) is 0.835. The fraction of sp³-hybridized carbons (Fsp3) is 0.286. The van der Waals surface area contributed by atoms with Gasteiger partial charge in [-0.1, -0.05) is 18.2 Å². The number of carbonyl (C=O) groups excluding carboxylic acids is 1. The SMILES string of the molecule is Cc1[nH]c2ccccc2c1CCN(C)C(=O)C#N. The second-order valence-electron chi connectivity index (χ2n) is 4.36. The normalized spacial score (nSPS) is 10.3. The summed E-state index contributed by atoms with van der Waals surface area (Å²) in [5.41, 5.74) is 3.44. The lowest BCUT2D eigenvalue weighted by Crippen LogP contribution is -2.27. The highest BCUT2D eigenvalue weighted by Crippen LogP contribution is 2.22. The molecule has 0 radical (unpaired) electrons. The van der Waals surface area contributed by atoms with Gasteiger partial charge in [-0.3, -0.25) is 4.79 Å². The maximum atomic E-state index is 11.2. The van der Waals surface area contributed by atoms with Crippen molar-refractivity contribution < 1.29 is 4.79 Å². The minimum atomic E-state index is -0.493. The molecular weight excluding hydrogens is 226 g/mol. The highest BCUT2D eigenvalue weighted by atomic mass is 16.2. The number of para-hydroxylation sites is 1. The third-order valence-corrected chi connectivity index (χ3v) is 3.17. The number of nitriles is 1. The van der Waals surface area contributed by atoms with Gasteiger partial charge < -0.3 is 9.88 Å². The van der Waals surface area contributed by atoms with Crippen molar-refractivity contribution in [2.75, 3.05) is 13.6 Å². The van der Waals surface area contributed by atoms with E-state index in [2.05, 4.69) is 11.1 Å². The summed E-state index contributed by atoms with van der Waals surface area (Å²) in [4.78, 5) is 15.9. The van der Waals surface area contributed by atoms with Gasteiger partial charge in [0, 0.05) is 30.2 Å². The molecule has 92 valence electrons. The summed E-state index contributed by atoms with van der Waals surface area (Å²) in [6.07, 6.45) is 0.750. The van der Waals surface area contributed by atoms with Crippen LogP contribution in [0.1, 0.15) is 11.3 Å². The molecule has 18 heavy (non-hydrogen) atoms.